The lowest BCUT2D eigenvalue weighted by atomic mass is 10.0. The summed E-state index contributed by atoms with van der Waals surface area (Å²) in [5.74, 6) is -0.677. The van der Waals surface area contributed by atoms with Crippen molar-refractivity contribution in [1.29, 1.82) is 0 Å². The number of aromatic nitrogens is 2. The fourth-order valence-electron chi connectivity index (χ4n) is 3.34. The van der Waals surface area contributed by atoms with E-state index in [4.69, 9.17) is 4.74 Å². The third-order valence-corrected chi connectivity index (χ3v) is 5.96. The van der Waals surface area contributed by atoms with Gasteiger partial charge in [0.05, 0.1) is 12.7 Å². The first kappa shape index (κ1) is 19.6. The van der Waals surface area contributed by atoms with Crippen LogP contribution in [0.2, 0.25) is 0 Å². The van der Waals surface area contributed by atoms with Crippen LogP contribution in [0.4, 0.5) is 5.00 Å². The lowest BCUT2D eigenvalue weighted by Gasteiger charge is -2.30. The third kappa shape index (κ3) is 3.77. The average Bonchev–Trinajstić information content (AvgIpc) is 3.24. The second-order valence-corrected chi connectivity index (χ2v) is 8.33. The molecule has 7 nitrogen and oxygen atoms in total. The van der Waals surface area contributed by atoms with Gasteiger partial charge >= 0.3 is 5.97 Å². The number of fused-ring (bicyclic) bond motifs is 1. The largest absolute Gasteiger partial charge is 0.465 e. The van der Waals surface area contributed by atoms with Crippen LogP contribution in [0, 0.1) is 0 Å². The van der Waals surface area contributed by atoms with Gasteiger partial charge in [0.25, 0.3) is 5.91 Å². The molecule has 0 bridgehead atoms. The summed E-state index contributed by atoms with van der Waals surface area (Å²) in [5, 5.41) is 7.69. The minimum Gasteiger partial charge on any atom is -0.465 e. The number of anilines is 1. The average molecular weight is 391 g/mol. The molecule has 0 saturated heterocycles. The Morgan fingerprint density at radius 2 is 2.00 bits per heavy atom. The molecule has 1 aliphatic rings. The molecule has 1 aliphatic heterocycles. The van der Waals surface area contributed by atoms with E-state index in [0.717, 1.165) is 30.0 Å². The molecule has 8 heteroatoms. The molecule has 0 aliphatic carbocycles. The highest BCUT2D eigenvalue weighted by atomic mass is 32.1. The van der Waals surface area contributed by atoms with Gasteiger partial charge in [0.2, 0.25) is 0 Å². The smallest absolute Gasteiger partial charge is 0.341 e. The van der Waals surface area contributed by atoms with Crippen molar-refractivity contribution in [2.24, 2.45) is 0 Å². The summed E-state index contributed by atoms with van der Waals surface area (Å²) < 4.78 is 6.66. The molecule has 0 saturated carbocycles. The number of nitrogens with zero attached hydrogens (tertiary/aromatic N) is 3. The van der Waals surface area contributed by atoms with Crippen molar-refractivity contribution in [3.8, 4) is 0 Å². The van der Waals surface area contributed by atoms with Gasteiger partial charge in [-0.2, -0.15) is 5.10 Å². The number of amides is 1. The van der Waals surface area contributed by atoms with Gasteiger partial charge in [-0.05, 0) is 45.7 Å². The number of hydrogen-bond acceptors (Lipinski definition) is 6. The Morgan fingerprint density at radius 3 is 2.63 bits per heavy atom. The maximum Gasteiger partial charge on any atom is 0.341 e. The quantitative estimate of drug-likeness (QED) is 0.793. The Kier molecular flexibility index (Phi) is 5.67. The molecule has 1 amide bonds. The van der Waals surface area contributed by atoms with Crippen LogP contribution in [0.15, 0.2) is 12.3 Å². The number of carbonyl (C=O) groups is 2. The molecule has 27 heavy (non-hydrogen) atoms. The summed E-state index contributed by atoms with van der Waals surface area (Å²) in [6.45, 7) is 9.92. The molecule has 146 valence electrons. The molecule has 0 unspecified atom stereocenters. The van der Waals surface area contributed by atoms with Crippen LogP contribution in [0.25, 0.3) is 0 Å². The fourth-order valence-corrected chi connectivity index (χ4v) is 4.60. The van der Waals surface area contributed by atoms with Gasteiger partial charge in [0.1, 0.15) is 10.7 Å². The summed E-state index contributed by atoms with van der Waals surface area (Å²) in [7, 11) is 1.37. The van der Waals surface area contributed by atoms with E-state index in [1.54, 1.807) is 16.9 Å². The normalized spacial score (nSPS) is 14.5. The lowest BCUT2D eigenvalue weighted by Crippen LogP contribution is -2.35. The van der Waals surface area contributed by atoms with Crippen molar-refractivity contribution < 1.29 is 14.3 Å². The van der Waals surface area contributed by atoms with Crippen molar-refractivity contribution in [2.75, 3.05) is 19.0 Å². The first-order valence-electron chi connectivity index (χ1n) is 9.15. The molecular formula is C19H26N4O3S. The van der Waals surface area contributed by atoms with E-state index in [0.29, 0.717) is 22.3 Å². The zero-order valence-corrected chi connectivity index (χ0v) is 17.2. The standard InChI is InChI=1S/C19H26N4O3S/c1-11(2)22-9-7-13-15(10-22)27-18(16(13)19(25)26-5)21-17(24)14-6-8-20-23(14)12(3)4/h6,8,11-12H,7,9-10H2,1-5H3,(H,21,24). The molecule has 3 heterocycles. The van der Waals surface area contributed by atoms with Crippen molar-refractivity contribution in [1.82, 2.24) is 14.7 Å². The number of ether oxygens (including phenoxy) is 1. The summed E-state index contributed by atoms with van der Waals surface area (Å²) in [6.07, 6.45) is 2.38. The molecule has 0 fully saturated rings. The van der Waals surface area contributed by atoms with Crippen molar-refractivity contribution in [2.45, 2.75) is 52.7 Å². The van der Waals surface area contributed by atoms with E-state index in [-0.39, 0.29) is 11.9 Å². The number of hydrogen-bond donors (Lipinski definition) is 1. The van der Waals surface area contributed by atoms with Gasteiger partial charge in [-0.25, -0.2) is 4.79 Å². The van der Waals surface area contributed by atoms with E-state index < -0.39 is 5.97 Å². The molecular weight excluding hydrogens is 364 g/mol. The first-order chi connectivity index (χ1) is 12.8. The van der Waals surface area contributed by atoms with Gasteiger partial charge in [-0.3, -0.25) is 14.4 Å². The van der Waals surface area contributed by atoms with Crippen LogP contribution in [-0.2, 0) is 17.7 Å². The number of esters is 1. The van der Waals surface area contributed by atoms with E-state index in [1.807, 2.05) is 13.8 Å². The van der Waals surface area contributed by atoms with Crippen molar-refractivity contribution in [3.63, 3.8) is 0 Å². The molecule has 0 radical (unpaired) electrons. The Bertz CT molecular complexity index is 853. The van der Waals surface area contributed by atoms with Gasteiger partial charge in [0, 0.05) is 36.2 Å². The highest BCUT2D eigenvalue weighted by molar-refractivity contribution is 7.17. The maximum absolute atomic E-state index is 12.8. The Balaban J connectivity index is 1.94. The Labute approximate surface area is 163 Å². The molecule has 3 rings (SSSR count). The van der Waals surface area contributed by atoms with E-state index in [9.17, 15) is 9.59 Å². The van der Waals surface area contributed by atoms with Crippen LogP contribution in [0.1, 0.15) is 65.0 Å². The Morgan fingerprint density at radius 1 is 1.26 bits per heavy atom. The van der Waals surface area contributed by atoms with Crippen LogP contribution in [0.3, 0.4) is 0 Å². The molecule has 2 aromatic heterocycles. The second-order valence-electron chi connectivity index (χ2n) is 7.22. The van der Waals surface area contributed by atoms with Gasteiger partial charge in [-0.1, -0.05) is 0 Å². The summed E-state index contributed by atoms with van der Waals surface area (Å²) in [4.78, 5) is 28.7. The van der Waals surface area contributed by atoms with E-state index >= 15 is 0 Å². The van der Waals surface area contributed by atoms with E-state index in [1.165, 1.54) is 18.4 Å². The summed E-state index contributed by atoms with van der Waals surface area (Å²) >= 11 is 1.46. The topological polar surface area (TPSA) is 76.5 Å². The van der Waals surface area contributed by atoms with Crippen molar-refractivity contribution in [3.05, 3.63) is 34.0 Å². The molecule has 0 atom stereocenters. The monoisotopic (exact) mass is 390 g/mol. The second kappa shape index (κ2) is 7.82. The fraction of sp³-hybridized carbons (Fsp3) is 0.526. The zero-order chi connectivity index (χ0) is 19.7. The van der Waals surface area contributed by atoms with E-state index in [2.05, 4.69) is 29.2 Å². The summed E-state index contributed by atoms with van der Waals surface area (Å²) in [6, 6.07) is 2.18. The van der Waals surface area contributed by atoms with Crippen LogP contribution < -0.4 is 5.32 Å². The number of thiophene rings is 1. The SMILES string of the molecule is COC(=O)c1c(NC(=O)c2ccnn2C(C)C)sc2c1CCN(C(C)C)C2. The number of nitrogens with one attached hydrogen (secondary N) is 1. The number of rotatable bonds is 5. The molecule has 0 aromatic carbocycles. The summed E-state index contributed by atoms with van der Waals surface area (Å²) in [5.41, 5.74) is 1.96. The third-order valence-electron chi connectivity index (χ3n) is 4.83. The highest BCUT2D eigenvalue weighted by Gasteiger charge is 2.30. The first-order valence-corrected chi connectivity index (χ1v) is 9.96. The van der Waals surface area contributed by atoms with Gasteiger partial charge in [0.15, 0.2) is 0 Å². The number of methoxy groups -OCH3 is 1. The predicted octanol–water partition coefficient (Wildman–Crippen LogP) is 3.33. The maximum atomic E-state index is 12.8. The van der Waals surface area contributed by atoms with Crippen LogP contribution >= 0.6 is 11.3 Å². The van der Waals surface area contributed by atoms with Crippen molar-refractivity contribution >= 4 is 28.2 Å². The predicted molar refractivity (Wildman–Crippen MR) is 105 cm³/mol. The minimum absolute atomic E-state index is 0.0666. The molecule has 2 aromatic rings. The van der Waals surface area contributed by atoms with Gasteiger partial charge < -0.3 is 10.1 Å². The van der Waals surface area contributed by atoms with Crippen LogP contribution in [0.5, 0.6) is 0 Å². The van der Waals surface area contributed by atoms with Crippen LogP contribution in [-0.4, -0.2) is 46.3 Å². The molecule has 1 N–H and O–H groups in total. The zero-order valence-electron chi connectivity index (χ0n) is 16.4. The molecule has 0 spiro atoms. The lowest BCUT2D eigenvalue weighted by molar-refractivity contribution is 0.0600. The highest BCUT2D eigenvalue weighted by Crippen LogP contribution is 2.38. The number of carbonyl (C=O) groups excluding carboxylic acids is 2. The Hall–Kier alpha value is -2.19. The minimum atomic E-state index is -0.404. The van der Waals surface area contributed by atoms with Gasteiger partial charge in [-0.15, -0.1) is 11.3 Å².